The number of guanidine groups is 1. The number of nitrogens with zero attached hydrogens (tertiary/aromatic N) is 6. The SMILES string of the molecule is CN=C(NCC(C)c1c(C)noc1C)N1CCN(c2cnn(C)c2)C(=O)C1.I. The molecule has 0 saturated carbocycles. The van der Waals surface area contributed by atoms with E-state index in [2.05, 4.69) is 27.5 Å². The molecule has 1 aliphatic heterocycles. The highest BCUT2D eigenvalue weighted by Gasteiger charge is 2.28. The van der Waals surface area contributed by atoms with Crippen molar-refractivity contribution in [1.29, 1.82) is 0 Å². The number of hydrogen-bond acceptors (Lipinski definition) is 5. The Kier molecular flexibility index (Phi) is 7.44. The summed E-state index contributed by atoms with van der Waals surface area (Å²) < 4.78 is 6.96. The lowest BCUT2D eigenvalue weighted by molar-refractivity contribution is -0.120. The lowest BCUT2D eigenvalue weighted by Crippen LogP contribution is -2.55. The highest BCUT2D eigenvalue weighted by Crippen LogP contribution is 2.22. The Morgan fingerprint density at radius 3 is 2.68 bits per heavy atom. The van der Waals surface area contributed by atoms with Gasteiger partial charge in [0.15, 0.2) is 5.96 Å². The van der Waals surface area contributed by atoms with Gasteiger partial charge < -0.3 is 19.6 Å². The van der Waals surface area contributed by atoms with Crippen molar-refractivity contribution in [2.45, 2.75) is 26.7 Å². The van der Waals surface area contributed by atoms with Gasteiger partial charge in [-0.3, -0.25) is 14.5 Å². The van der Waals surface area contributed by atoms with Gasteiger partial charge in [-0.15, -0.1) is 24.0 Å². The normalized spacial score (nSPS) is 16.2. The zero-order valence-corrected chi connectivity index (χ0v) is 19.3. The minimum absolute atomic E-state index is 0. The molecule has 1 amide bonds. The fourth-order valence-electron chi connectivity index (χ4n) is 3.55. The molecule has 154 valence electrons. The predicted octanol–water partition coefficient (Wildman–Crippen LogP) is 1.67. The number of aryl methyl sites for hydroxylation is 3. The monoisotopic (exact) mass is 501 g/mol. The molecule has 0 spiro atoms. The Morgan fingerprint density at radius 1 is 1.39 bits per heavy atom. The van der Waals surface area contributed by atoms with Crippen LogP contribution in [0.25, 0.3) is 0 Å². The second-order valence-corrected chi connectivity index (χ2v) is 6.91. The summed E-state index contributed by atoms with van der Waals surface area (Å²) in [4.78, 5) is 20.7. The van der Waals surface area contributed by atoms with Crippen LogP contribution in [0.2, 0.25) is 0 Å². The Morgan fingerprint density at radius 2 is 2.14 bits per heavy atom. The van der Waals surface area contributed by atoms with Crippen LogP contribution in [-0.2, 0) is 11.8 Å². The summed E-state index contributed by atoms with van der Waals surface area (Å²) in [7, 11) is 3.58. The number of amides is 1. The lowest BCUT2D eigenvalue weighted by atomic mass is 10.00. The Balaban J connectivity index is 0.00000280. The summed E-state index contributed by atoms with van der Waals surface area (Å²) in [5.74, 6) is 1.83. The van der Waals surface area contributed by atoms with Gasteiger partial charge in [-0.05, 0) is 13.8 Å². The summed E-state index contributed by atoms with van der Waals surface area (Å²) in [5.41, 5.74) is 2.87. The molecular weight excluding hydrogens is 473 g/mol. The molecule has 10 heteroatoms. The van der Waals surface area contributed by atoms with E-state index in [9.17, 15) is 4.79 Å². The quantitative estimate of drug-likeness (QED) is 0.390. The molecule has 0 aliphatic carbocycles. The average Bonchev–Trinajstić information content (AvgIpc) is 3.21. The minimum Gasteiger partial charge on any atom is -0.361 e. The first kappa shape index (κ1) is 22.2. The fourth-order valence-corrected chi connectivity index (χ4v) is 3.55. The Hall–Kier alpha value is -2.11. The number of piperazine rings is 1. The third-order valence-electron chi connectivity index (χ3n) is 4.88. The average molecular weight is 501 g/mol. The standard InChI is InChI=1S/C18H27N7O2.HI/c1-12(17-13(2)22-27-14(17)3)8-20-18(19-4)24-6-7-25(16(26)11-24)15-9-21-23(5)10-15;/h9-10,12H,6-8,11H2,1-5H3,(H,19,20);1H. The van der Waals surface area contributed by atoms with Gasteiger partial charge in [0.25, 0.3) is 0 Å². The molecule has 1 unspecified atom stereocenters. The van der Waals surface area contributed by atoms with Gasteiger partial charge in [0.05, 0.1) is 17.6 Å². The van der Waals surface area contributed by atoms with E-state index in [0.29, 0.717) is 19.6 Å². The van der Waals surface area contributed by atoms with E-state index in [1.807, 2.05) is 32.0 Å². The number of halogens is 1. The van der Waals surface area contributed by atoms with E-state index in [4.69, 9.17) is 4.52 Å². The molecule has 0 aromatic carbocycles. The second-order valence-electron chi connectivity index (χ2n) is 6.91. The van der Waals surface area contributed by atoms with Crippen molar-refractivity contribution in [2.24, 2.45) is 12.0 Å². The molecule has 1 saturated heterocycles. The number of hydrogen-bond donors (Lipinski definition) is 1. The number of rotatable bonds is 4. The van der Waals surface area contributed by atoms with E-state index in [1.54, 1.807) is 22.8 Å². The van der Waals surface area contributed by atoms with Gasteiger partial charge in [-0.1, -0.05) is 12.1 Å². The molecule has 1 aliphatic rings. The highest BCUT2D eigenvalue weighted by atomic mass is 127. The van der Waals surface area contributed by atoms with Crippen molar-refractivity contribution >= 4 is 41.5 Å². The van der Waals surface area contributed by atoms with E-state index < -0.39 is 0 Å². The molecule has 1 fully saturated rings. The van der Waals surface area contributed by atoms with Crippen LogP contribution in [0.3, 0.4) is 0 Å². The van der Waals surface area contributed by atoms with Crippen LogP contribution in [0.15, 0.2) is 21.9 Å². The fraction of sp³-hybridized carbons (Fsp3) is 0.556. The molecule has 0 bridgehead atoms. The first-order chi connectivity index (χ1) is 12.9. The zero-order chi connectivity index (χ0) is 19.6. The molecule has 1 N–H and O–H groups in total. The van der Waals surface area contributed by atoms with Crippen molar-refractivity contribution < 1.29 is 9.32 Å². The van der Waals surface area contributed by atoms with E-state index in [-0.39, 0.29) is 42.3 Å². The molecule has 0 radical (unpaired) electrons. The topological polar surface area (TPSA) is 91.8 Å². The molecule has 2 aromatic rings. The van der Waals surface area contributed by atoms with Crippen molar-refractivity contribution in [3.8, 4) is 0 Å². The third kappa shape index (κ3) is 4.65. The number of aliphatic imine (C=N–C) groups is 1. The molecule has 3 rings (SSSR count). The van der Waals surface area contributed by atoms with Crippen LogP contribution in [0.1, 0.15) is 29.9 Å². The summed E-state index contributed by atoms with van der Waals surface area (Å²) in [6.45, 7) is 8.29. The van der Waals surface area contributed by atoms with Crippen molar-refractivity contribution in [3.63, 3.8) is 0 Å². The molecule has 3 heterocycles. The lowest BCUT2D eigenvalue weighted by Gasteiger charge is -2.35. The smallest absolute Gasteiger partial charge is 0.246 e. The van der Waals surface area contributed by atoms with Crippen LogP contribution in [0, 0.1) is 13.8 Å². The second kappa shape index (κ2) is 9.39. The molecule has 1 atom stereocenters. The van der Waals surface area contributed by atoms with E-state index >= 15 is 0 Å². The van der Waals surface area contributed by atoms with Crippen molar-refractivity contribution in [1.82, 2.24) is 25.2 Å². The first-order valence-electron chi connectivity index (χ1n) is 9.08. The van der Waals surface area contributed by atoms with E-state index in [0.717, 1.165) is 28.7 Å². The van der Waals surface area contributed by atoms with Gasteiger partial charge in [-0.2, -0.15) is 5.10 Å². The van der Waals surface area contributed by atoms with Gasteiger partial charge >= 0.3 is 0 Å². The highest BCUT2D eigenvalue weighted by molar-refractivity contribution is 14.0. The molecule has 2 aromatic heterocycles. The zero-order valence-electron chi connectivity index (χ0n) is 17.0. The van der Waals surface area contributed by atoms with Crippen LogP contribution in [0.4, 0.5) is 5.69 Å². The van der Waals surface area contributed by atoms with Gasteiger partial charge in [-0.25, -0.2) is 0 Å². The van der Waals surface area contributed by atoms with Crippen LogP contribution >= 0.6 is 24.0 Å². The van der Waals surface area contributed by atoms with Gasteiger partial charge in [0, 0.05) is 51.4 Å². The minimum atomic E-state index is 0. The summed E-state index contributed by atoms with van der Waals surface area (Å²) >= 11 is 0. The molecule has 9 nitrogen and oxygen atoms in total. The maximum Gasteiger partial charge on any atom is 0.246 e. The Bertz CT molecular complexity index is 825. The largest absolute Gasteiger partial charge is 0.361 e. The Labute approximate surface area is 182 Å². The van der Waals surface area contributed by atoms with Gasteiger partial charge in [0.2, 0.25) is 5.91 Å². The first-order valence-corrected chi connectivity index (χ1v) is 9.08. The third-order valence-corrected chi connectivity index (χ3v) is 4.88. The van der Waals surface area contributed by atoms with Crippen LogP contribution < -0.4 is 10.2 Å². The number of aromatic nitrogens is 3. The van der Waals surface area contributed by atoms with Crippen molar-refractivity contribution in [2.75, 3.05) is 38.1 Å². The number of carbonyl (C=O) groups is 1. The predicted molar refractivity (Wildman–Crippen MR) is 118 cm³/mol. The summed E-state index contributed by atoms with van der Waals surface area (Å²) in [5, 5.41) is 11.5. The number of carbonyl (C=O) groups excluding carboxylic acids is 1. The summed E-state index contributed by atoms with van der Waals surface area (Å²) in [6.07, 6.45) is 3.57. The maximum absolute atomic E-state index is 12.6. The molecule has 28 heavy (non-hydrogen) atoms. The van der Waals surface area contributed by atoms with Crippen molar-refractivity contribution in [3.05, 3.63) is 29.4 Å². The summed E-state index contributed by atoms with van der Waals surface area (Å²) in [6, 6.07) is 0. The number of anilines is 1. The van der Waals surface area contributed by atoms with Crippen LogP contribution in [0.5, 0.6) is 0 Å². The number of nitrogens with one attached hydrogen (secondary N) is 1. The molecular formula is C18H28IN7O2. The van der Waals surface area contributed by atoms with Gasteiger partial charge in [0.1, 0.15) is 12.3 Å². The van der Waals surface area contributed by atoms with Crippen LogP contribution in [-0.4, -0.2) is 64.9 Å². The van der Waals surface area contributed by atoms with E-state index in [1.165, 1.54) is 0 Å². The maximum atomic E-state index is 12.6.